The second-order valence-electron chi connectivity index (χ2n) is 4.32. The van der Waals surface area contributed by atoms with Crippen LogP contribution in [-0.4, -0.2) is 29.0 Å². The van der Waals surface area contributed by atoms with Gasteiger partial charge in [-0.2, -0.15) is 0 Å². The summed E-state index contributed by atoms with van der Waals surface area (Å²) >= 11 is 0. The molecule has 0 aromatic rings. The molecule has 1 aliphatic carbocycles. The lowest BCUT2D eigenvalue weighted by atomic mass is 9.95. The fourth-order valence-electron chi connectivity index (χ4n) is 1.66. The zero-order valence-corrected chi connectivity index (χ0v) is 8.62. The van der Waals surface area contributed by atoms with Crippen molar-refractivity contribution in [1.29, 1.82) is 0 Å². The van der Waals surface area contributed by atoms with Crippen LogP contribution in [0.3, 0.4) is 0 Å². The number of halogens is 1. The zero-order chi connectivity index (χ0) is 10.8. The van der Waals surface area contributed by atoms with Crippen LogP contribution in [0.2, 0.25) is 0 Å². The van der Waals surface area contributed by atoms with Crippen molar-refractivity contribution in [1.82, 2.24) is 0 Å². The number of hydrogen-bond donors (Lipinski definition) is 1. The van der Waals surface area contributed by atoms with Crippen molar-refractivity contribution in [3.8, 4) is 0 Å². The van der Waals surface area contributed by atoms with Crippen molar-refractivity contribution in [2.45, 2.75) is 57.4 Å². The SMILES string of the molecule is CC(C)(OC1CCCC(F)C1)C(=O)O. The van der Waals surface area contributed by atoms with Gasteiger partial charge in [-0.1, -0.05) is 0 Å². The van der Waals surface area contributed by atoms with E-state index in [1.807, 2.05) is 0 Å². The Balaban J connectivity index is 2.47. The maximum absolute atomic E-state index is 13.0. The van der Waals surface area contributed by atoms with E-state index in [2.05, 4.69) is 0 Å². The second kappa shape index (κ2) is 4.26. The van der Waals surface area contributed by atoms with E-state index < -0.39 is 17.7 Å². The molecule has 2 atom stereocenters. The first-order valence-corrected chi connectivity index (χ1v) is 4.97. The molecule has 0 radical (unpaired) electrons. The fraction of sp³-hybridized carbons (Fsp3) is 0.900. The van der Waals surface area contributed by atoms with Gasteiger partial charge in [0, 0.05) is 6.42 Å². The maximum atomic E-state index is 13.0. The summed E-state index contributed by atoms with van der Waals surface area (Å²) < 4.78 is 18.4. The van der Waals surface area contributed by atoms with E-state index in [1.165, 1.54) is 13.8 Å². The highest BCUT2D eigenvalue weighted by atomic mass is 19.1. The van der Waals surface area contributed by atoms with E-state index in [-0.39, 0.29) is 6.10 Å². The first kappa shape index (κ1) is 11.4. The van der Waals surface area contributed by atoms with Gasteiger partial charge in [-0.15, -0.1) is 0 Å². The van der Waals surface area contributed by atoms with Crippen LogP contribution >= 0.6 is 0 Å². The van der Waals surface area contributed by atoms with Crippen LogP contribution in [0.5, 0.6) is 0 Å². The summed E-state index contributed by atoms with van der Waals surface area (Å²) in [5.74, 6) is -1.00. The van der Waals surface area contributed by atoms with Crippen molar-refractivity contribution in [2.24, 2.45) is 0 Å². The van der Waals surface area contributed by atoms with Crippen molar-refractivity contribution in [3.05, 3.63) is 0 Å². The molecule has 1 N–H and O–H groups in total. The Morgan fingerprint density at radius 1 is 1.50 bits per heavy atom. The quantitative estimate of drug-likeness (QED) is 0.766. The van der Waals surface area contributed by atoms with Crippen molar-refractivity contribution in [2.75, 3.05) is 0 Å². The highest BCUT2D eigenvalue weighted by Crippen LogP contribution is 2.27. The average Bonchev–Trinajstić information content (AvgIpc) is 2.02. The molecule has 0 amide bonds. The van der Waals surface area contributed by atoms with Crippen LogP contribution < -0.4 is 0 Å². The van der Waals surface area contributed by atoms with Gasteiger partial charge in [0.2, 0.25) is 0 Å². The van der Waals surface area contributed by atoms with E-state index in [4.69, 9.17) is 9.84 Å². The summed E-state index contributed by atoms with van der Waals surface area (Å²) in [6.45, 7) is 2.99. The highest BCUT2D eigenvalue weighted by Gasteiger charge is 2.33. The number of carbonyl (C=O) groups is 1. The molecule has 0 aromatic carbocycles. The molecule has 14 heavy (non-hydrogen) atoms. The largest absolute Gasteiger partial charge is 0.479 e. The first-order valence-electron chi connectivity index (χ1n) is 4.97. The van der Waals surface area contributed by atoms with Crippen molar-refractivity contribution >= 4 is 5.97 Å². The lowest BCUT2D eigenvalue weighted by molar-refractivity contribution is -0.171. The first-order chi connectivity index (χ1) is 6.42. The van der Waals surface area contributed by atoms with Gasteiger partial charge in [0.15, 0.2) is 5.60 Å². The summed E-state index contributed by atoms with van der Waals surface area (Å²) in [5, 5.41) is 8.82. The third-order valence-corrected chi connectivity index (χ3v) is 2.54. The number of hydrogen-bond acceptors (Lipinski definition) is 2. The number of aliphatic carboxylic acids is 1. The fourth-order valence-corrected chi connectivity index (χ4v) is 1.66. The molecule has 0 heterocycles. The van der Waals surface area contributed by atoms with Gasteiger partial charge in [-0.3, -0.25) is 0 Å². The predicted molar refractivity (Wildman–Crippen MR) is 50.0 cm³/mol. The van der Waals surface area contributed by atoms with Gasteiger partial charge in [0.25, 0.3) is 0 Å². The Kier molecular flexibility index (Phi) is 3.48. The van der Waals surface area contributed by atoms with Gasteiger partial charge in [-0.25, -0.2) is 9.18 Å². The molecule has 1 aliphatic rings. The topological polar surface area (TPSA) is 46.5 Å². The van der Waals surface area contributed by atoms with Gasteiger partial charge < -0.3 is 9.84 Å². The molecule has 1 fully saturated rings. The van der Waals surface area contributed by atoms with E-state index in [1.54, 1.807) is 0 Å². The summed E-state index contributed by atoms with van der Waals surface area (Å²) in [5.41, 5.74) is -1.21. The van der Waals surface area contributed by atoms with E-state index in [9.17, 15) is 9.18 Å². The minimum absolute atomic E-state index is 0.246. The normalized spacial score (nSPS) is 28.8. The number of rotatable bonds is 3. The van der Waals surface area contributed by atoms with Gasteiger partial charge >= 0.3 is 5.97 Å². The Hall–Kier alpha value is -0.640. The summed E-state index contributed by atoms with van der Waals surface area (Å²) in [6.07, 6.45) is 1.37. The Morgan fingerprint density at radius 3 is 2.64 bits per heavy atom. The summed E-state index contributed by atoms with van der Waals surface area (Å²) in [4.78, 5) is 10.8. The molecule has 0 saturated heterocycles. The van der Waals surface area contributed by atoms with Crippen LogP contribution in [0.15, 0.2) is 0 Å². The van der Waals surface area contributed by atoms with Crippen molar-refractivity contribution < 1.29 is 19.0 Å². The molecule has 1 rings (SSSR count). The lowest BCUT2D eigenvalue weighted by Crippen LogP contribution is -2.40. The maximum Gasteiger partial charge on any atom is 0.335 e. The molecule has 2 unspecified atom stereocenters. The van der Waals surface area contributed by atoms with Crippen LogP contribution in [0.4, 0.5) is 4.39 Å². The van der Waals surface area contributed by atoms with Crippen LogP contribution in [0, 0.1) is 0 Å². The number of ether oxygens (including phenoxy) is 1. The van der Waals surface area contributed by atoms with Crippen molar-refractivity contribution in [3.63, 3.8) is 0 Å². The third kappa shape index (κ3) is 2.94. The molecular formula is C10H17FO3. The van der Waals surface area contributed by atoms with E-state index in [0.29, 0.717) is 12.8 Å². The summed E-state index contributed by atoms with van der Waals surface area (Å²) in [7, 11) is 0. The molecular weight excluding hydrogens is 187 g/mol. The van der Waals surface area contributed by atoms with Crippen LogP contribution in [0.1, 0.15) is 39.5 Å². The number of alkyl halides is 1. The van der Waals surface area contributed by atoms with Gasteiger partial charge in [0.05, 0.1) is 6.10 Å². The van der Waals surface area contributed by atoms with Gasteiger partial charge in [-0.05, 0) is 33.1 Å². The van der Waals surface area contributed by atoms with Crippen LogP contribution in [0.25, 0.3) is 0 Å². The minimum Gasteiger partial charge on any atom is -0.479 e. The predicted octanol–water partition coefficient (Wildman–Crippen LogP) is 2.15. The lowest BCUT2D eigenvalue weighted by Gasteiger charge is -2.31. The monoisotopic (exact) mass is 204 g/mol. The Labute approximate surface area is 83.3 Å². The smallest absolute Gasteiger partial charge is 0.335 e. The molecule has 82 valence electrons. The zero-order valence-electron chi connectivity index (χ0n) is 8.62. The molecule has 0 spiro atoms. The molecule has 3 nitrogen and oxygen atoms in total. The summed E-state index contributed by atoms with van der Waals surface area (Å²) in [6, 6.07) is 0. The Morgan fingerprint density at radius 2 is 2.14 bits per heavy atom. The minimum atomic E-state index is -1.21. The Bertz CT molecular complexity index is 215. The molecule has 0 aromatic heterocycles. The standard InChI is InChI=1S/C10H17FO3/c1-10(2,9(12)13)14-8-5-3-4-7(11)6-8/h7-8H,3-6H2,1-2H3,(H,12,13). The van der Waals surface area contributed by atoms with E-state index >= 15 is 0 Å². The molecule has 0 aliphatic heterocycles. The molecule has 4 heteroatoms. The highest BCUT2D eigenvalue weighted by molar-refractivity contribution is 5.76. The average molecular weight is 204 g/mol. The third-order valence-electron chi connectivity index (χ3n) is 2.54. The molecule has 0 bridgehead atoms. The second-order valence-corrected chi connectivity index (χ2v) is 4.32. The van der Waals surface area contributed by atoms with Crippen LogP contribution in [-0.2, 0) is 9.53 Å². The van der Waals surface area contributed by atoms with Gasteiger partial charge in [0.1, 0.15) is 6.17 Å². The van der Waals surface area contributed by atoms with E-state index in [0.717, 1.165) is 12.8 Å². The number of carboxylic acid groups (broad SMARTS) is 1. The molecule has 1 saturated carbocycles. The number of carboxylic acids is 1.